The minimum atomic E-state index is -0.893. The molecule has 7 heteroatoms. The summed E-state index contributed by atoms with van der Waals surface area (Å²) in [5.41, 5.74) is 0.773. The molecule has 0 aliphatic carbocycles. The zero-order valence-corrected chi connectivity index (χ0v) is 12.4. The molecule has 18 heavy (non-hydrogen) atoms. The Labute approximate surface area is 117 Å². The molecule has 2 aromatic rings. The third kappa shape index (κ3) is 2.62. The van der Waals surface area contributed by atoms with Gasteiger partial charge in [-0.15, -0.1) is 23.1 Å². The average molecular weight is 300 g/mol. The summed E-state index contributed by atoms with van der Waals surface area (Å²) >= 11 is 4.66. The van der Waals surface area contributed by atoms with Crippen molar-refractivity contribution in [2.45, 2.75) is 11.9 Å². The van der Waals surface area contributed by atoms with E-state index in [1.165, 1.54) is 17.7 Å². The topological polar surface area (TPSA) is 63.1 Å². The van der Waals surface area contributed by atoms with Crippen LogP contribution in [-0.4, -0.2) is 38.8 Å². The highest BCUT2D eigenvalue weighted by atomic mass is 32.2. The first-order valence-electron chi connectivity index (χ1n) is 5.24. The van der Waals surface area contributed by atoms with E-state index in [2.05, 4.69) is 16.2 Å². The van der Waals surface area contributed by atoms with Gasteiger partial charge in [-0.3, -0.25) is 0 Å². The van der Waals surface area contributed by atoms with Crippen LogP contribution >= 0.6 is 34.9 Å². The first-order valence-corrected chi connectivity index (χ1v) is 8.44. The molecule has 0 fully saturated rings. The number of fused-ring (bicyclic) bond motifs is 1. The van der Waals surface area contributed by atoms with Gasteiger partial charge in [0.15, 0.2) is 0 Å². The van der Waals surface area contributed by atoms with Gasteiger partial charge >= 0.3 is 5.97 Å². The molecule has 1 N–H and O–H groups in total. The standard InChI is InChI=1S/C11H12N2O2S3/c1-6-7-9(17-4-3-16-2)12-5-13-10(7)18-8(6)11(14)15/h5H,3-4H2,1-2H3,(H,14,15). The molecule has 0 saturated carbocycles. The summed E-state index contributed by atoms with van der Waals surface area (Å²) in [4.78, 5) is 20.7. The van der Waals surface area contributed by atoms with E-state index in [9.17, 15) is 4.79 Å². The van der Waals surface area contributed by atoms with E-state index in [0.29, 0.717) is 4.88 Å². The summed E-state index contributed by atoms with van der Waals surface area (Å²) in [6.07, 6.45) is 3.57. The van der Waals surface area contributed by atoms with Gasteiger partial charge < -0.3 is 5.11 Å². The first kappa shape index (κ1) is 13.6. The Morgan fingerprint density at radius 3 is 2.89 bits per heavy atom. The maximum absolute atomic E-state index is 11.1. The summed E-state index contributed by atoms with van der Waals surface area (Å²) in [6, 6.07) is 0. The molecule has 4 nitrogen and oxygen atoms in total. The molecular formula is C11H12N2O2S3. The SMILES string of the molecule is CSCCSc1ncnc2sc(C(=O)O)c(C)c12. The van der Waals surface area contributed by atoms with Crippen LogP contribution < -0.4 is 0 Å². The molecule has 0 bridgehead atoms. The number of aromatic carboxylic acids is 1. The third-order valence-corrected chi connectivity index (χ3v) is 5.46. The largest absolute Gasteiger partial charge is 0.477 e. The Morgan fingerprint density at radius 2 is 2.22 bits per heavy atom. The predicted octanol–water partition coefficient (Wildman–Crippen LogP) is 3.15. The quantitative estimate of drug-likeness (QED) is 0.520. The predicted molar refractivity (Wildman–Crippen MR) is 78.2 cm³/mol. The Balaban J connectivity index is 2.44. The number of aryl methyl sites for hydroxylation is 1. The first-order chi connectivity index (χ1) is 8.65. The lowest BCUT2D eigenvalue weighted by molar-refractivity contribution is 0.0701. The van der Waals surface area contributed by atoms with Crippen molar-refractivity contribution in [2.24, 2.45) is 0 Å². The molecule has 0 aromatic carbocycles. The molecular weight excluding hydrogens is 288 g/mol. The van der Waals surface area contributed by atoms with Crippen molar-refractivity contribution >= 4 is 51.0 Å². The van der Waals surface area contributed by atoms with E-state index in [4.69, 9.17) is 5.11 Å². The van der Waals surface area contributed by atoms with Crippen LogP contribution in [0.2, 0.25) is 0 Å². The summed E-state index contributed by atoms with van der Waals surface area (Å²) in [5.74, 6) is 1.12. The minimum absolute atomic E-state index is 0.359. The van der Waals surface area contributed by atoms with Crippen molar-refractivity contribution in [3.05, 3.63) is 16.8 Å². The van der Waals surface area contributed by atoms with Crippen molar-refractivity contribution in [1.29, 1.82) is 0 Å². The Bertz CT molecular complexity index is 583. The van der Waals surface area contributed by atoms with Crippen molar-refractivity contribution < 1.29 is 9.90 Å². The van der Waals surface area contributed by atoms with Crippen LogP contribution in [0, 0.1) is 6.92 Å². The normalized spacial score (nSPS) is 11.0. The van der Waals surface area contributed by atoms with E-state index in [0.717, 1.165) is 32.3 Å². The second kappa shape index (κ2) is 5.90. The lowest BCUT2D eigenvalue weighted by atomic mass is 10.2. The molecule has 0 aliphatic heterocycles. The van der Waals surface area contributed by atoms with Crippen LogP contribution in [0.1, 0.15) is 15.2 Å². The Hall–Kier alpha value is -0.790. The van der Waals surface area contributed by atoms with Crippen LogP contribution in [0.5, 0.6) is 0 Å². The molecule has 2 aromatic heterocycles. The molecule has 96 valence electrons. The number of hydrogen-bond acceptors (Lipinski definition) is 6. The van der Waals surface area contributed by atoms with E-state index < -0.39 is 5.97 Å². The van der Waals surface area contributed by atoms with Gasteiger partial charge in [-0.25, -0.2) is 14.8 Å². The summed E-state index contributed by atoms with van der Waals surface area (Å²) in [5, 5.41) is 10.9. The number of thioether (sulfide) groups is 2. The van der Waals surface area contributed by atoms with Gasteiger partial charge in [-0.2, -0.15) is 11.8 Å². The lowest BCUT2D eigenvalue weighted by Crippen LogP contribution is -1.94. The van der Waals surface area contributed by atoms with Gasteiger partial charge in [-0.05, 0) is 18.7 Å². The Morgan fingerprint density at radius 1 is 1.44 bits per heavy atom. The second-order valence-electron chi connectivity index (χ2n) is 3.56. The van der Waals surface area contributed by atoms with Crippen molar-refractivity contribution in [1.82, 2.24) is 9.97 Å². The average Bonchev–Trinajstić information content (AvgIpc) is 2.68. The second-order valence-corrected chi connectivity index (χ2v) is 6.63. The number of thiophene rings is 1. The van der Waals surface area contributed by atoms with E-state index in [-0.39, 0.29) is 0 Å². The van der Waals surface area contributed by atoms with Crippen molar-refractivity contribution in [3.8, 4) is 0 Å². The molecule has 2 rings (SSSR count). The summed E-state index contributed by atoms with van der Waals surface area (Å²) in [7, 11) is 0. The van der Waals surface area contributed by atoms with Gasteiger partial charge in [0, 0.05) is 16.9 Å². The molecule has 2 heterocycles. The number of nitrogens with zero attached hydrogens (tertiary/aromatic N) is 2. The molecule has 0 amide bonds. The zero-order valence-electron chi connectivity index (χ0n) is 9.97. The number of rotatable bonds is 5. The maximum Gasteiger partial charge on any atom is 0.346 e. The molecule has 0 aliphatic rings. The van der Waals surface area contributed by atoms with Crippen LogP contribution in [0.25, 0.3) is 10.2 Å². The molecule has 0 spiro atoms. The van der Waals surface area contributed by atoms with Gasteiger partial charge in [0.1, 0.15) is 21.1 Å². The van der Waals surface area contributed by atoms with Gasteiger partial charge in [0.05, 0.1) is 0 Å². The van der Waals surface area contributed by atoms with E-state index in [1.54, 1.807) is 23.5 Å². The maximum atomic E-state index is 11.1. The van der Waals surface area contributed by atoms with E-state index >= 15 is 0 Å². The number of aromatic nitrogens is 2. The van der Waals surface area contributed by atoms with Crippen LogP contribution in [0.4, 0.5) is 0 Å². The third-order valence-electron chi connectivity index (χ3n) is 2.41. The van der Waals surface area contributed by atoms with Gasteiger partial charge in [0.2, 0.25) is 0 Å². The van der Waals surface area contributed by atoms with E-state index in [1.807, 2.05) is 6.92 Å². The fraction of sp³-hybridized carbons (Fsp3) is 0.364. The Kier molecular flexibility index (Phi) is 4.47. The fourth-order valence-electron chi connectivity index (χ4n) is 1.57. The van der Waals surface area contributed by atoms with Crippen LogP contribution in [0.3, 0.4) is 0 Å². The highest BCUT2D eigenvalue weighted by molar-refractivity contribution is 8.02. The minimum Gasteiger partial charge on any atom is -0.477 e. The molecule has 0 atom stereocenters. The van der Waals surface area contributed by atoms with Crippen molar-refractivity contribution in [3.63, 3.8) is 0 Å². The van der Waals surface area contributed by atoms with Crippen LogP contribution in [0.15, 0.2) is 11.4 Å². The number of carbonyl (C=O) groups is 1. The fourth-order valence-corrected chi connectivity index (χ4v) is 4.34. The van der Waals surface area contributed by atoms with Gasteiger partial charge in [0.25, 0.3) is 0 Å². The summed E-state index contributed by atoms with van der Waals surface area (Å²) < 4.78 is 0. The lowest BCUT2D eigenvalue weighted by Gasteiger charge is -2.01. The van der Waals surface area contributed by atoms with Crippen LogP contribution in [-0.2, 0) is 0 Å². The molecule has 0 radical (unpaired) electrons. The zero-order chi connectivity index (χ0) is 13.1. The monoisotopic (exact) mass is 300 g/mol. The number of carboxylic acids is 1. The molecule has 0 saturated heterocycles. The highest BCUT2D eigenvalue weighted by Gasteiger charge is 2.18. The summed E-state index contributed by atoms with van der Waals surface area (Å²) in [6.45, 7) is 1.82. The highest BCUT2D eigenvalue weighted by Crippen LogP contribution is 2.34. The molecule has 0 unspecified atom stereocenters. The van der Waals surface area contributed by atoms with Crippen molar-refractivity contribution in [2.75, 3.05) is 17.8 Å². The number of hydrogen-bond donors (Lipinski definition) is 1. The smallest absolute Gasteiger partial charge is 0.346 e. The van der Waals surface area contributed by atoms with Gasteiger partial charge in [-0.1, -0.05) is 0 Å². The number of carboxylic acid groups (broad SMARTS) is 1.